The van der Waals surface area contributed by atoms with Gasteiger partial charge in [-0.15, -0.1) is 0 Å². The van der Waals surface area contributed by atoms with Crippen LogP contribution in [0.2, 0.25) is 5.02 Å². The van der Waals surface area contributed by atoms with Crippen LogP contribution in [0.4, 0.5) is 11.4 Å². The van der Waals surface area contributed by atoms with Crippen molar-refractivity contribution in [3.63, 3.8) is 0 Å². The summed E-state index contributed by atoms with van der Waals surface area (Å²) in [5.74, 6) is -0.0159. The number of amides is 2. The molecule has 2 aromatic rings. The Labute approximate surface area is 165 Å². The van der Waals surface area contributed by atoms with Crippen molar-refractivity contribution in [2.45, 2.75) is 26.2 Å². The Morgan fingerprint density at radius 2 is 1.48 bits per heavy atom. The molecule has 0 bridgehead atoms. The summed E-state index contributed by atoms with van der Waals surface area (Å²) in [6.45, 7) is 4.46. The highest BCUT2D eigenvalue weighted by Crippen LogP contribution is 2.26. The molecule has 2 rings (SSSR count). The quantitative estimate of drug-likeness (QED) is 0.707. The van der Waals surface area contributed by atoms with E-state index in [0.717, 1.165) is 17.7 Å². The second kappa shape index (κ2) is 10.1. The average molecular weight is 388 g/mol. The largest absolute Gasteiger partial charge is 0.325 e. The van der Waals surface area contributed by atoms with Gasteiger partial charge in [0.1, 0.15) is 0 Å². The van der Waals surface area contributed by atoms with Gasteiger partial charge in [-0.05, 0) is 43.1 Å². The second-order valence-corrected chi connectivity index (χ2v) is 7.05. The van der Waals surface area contributed by atoms with Crippen LogP contribution >= 0.6 is 11.6 Å². The number of hydrogen-bond donors (Lipinski definition) is 2. The SMILES string of the molecule is CC[C@@H](C)c1ccccc1NC(=O)CN(C)CC(=O)Nc1ccccc1Cl. The Balaban J connectivity index is 1.89. The lowest BCUT2D eigenvalue weighted by atomic mass is 9.97. The second-order valence-electron chi connectivity index (χ2n) is 6.65. The number of halogens is 1. The Hall–Kier alpha value is -2.37. The third-order valence-electron chi connectivity index (χ3n) is 4.35. The summed E-state index contributed by atoms with van der Waals surface area (Å²) >= 11 is 6.04. The summed E-state index contributed by atoms with van der Waals surface area (Å²) in [6.07, 6.45) is 0.995. The summed E-state index contributed by atoms with van der Waals surface area (Å²) in [5.41, 5.74) is 2.50. The maximum absolute atomic E-state index is 12.4. The molecule has 0 aliphatic rings. The van der Waals surface area contributed by atoms with Gasteiger partial charge in [-0.25, -0.2) is 0 Å². The lowest BCUT2D eigenvalue weighted by Gasteiger charge is -2.19. The number of anilines is 2. The zero-order chi connectivity index (χ0) is 19.8. The molecular formula is C21H26ClN3O2. The van der Waals surface area contributed by atoms with Crippen molar-refractivity contribution in [2.24, 2.45) is 0 Å². The molecule has 5 nitrogen and oxygen atoms in total. The standard InChI is InChI=1S/C21H26ClN3O2/c1-4-15(2)16-9-5-7-11-18(16)23-20(26)13-25(3)14-21(27)24-19-12-8-6-10-17(19)22/h5-12,15H,4,13-14H2,1-3H3,(H,23,26)(H,24,27)/t15-/m1/s1. The van der Waals surface area contributed by atoms with Crippen molar-refractivity contribution in [1.82, 2.24) is 4.90 Å². The third kappa shape index (κ3) is 6.38. The molecule has 0 heterocycles. The van der Waals surface area contributed by atoms with Crippen LogP contribution in [0.1, 0.15) is 31.7 Å². The summed E-state index contributed by atoms with van der Waals surface area (Å²) < 4.78 is 0. The van der Waals surface area contributed by atoms with E-state index in [1.54, 1.807) is 36.2 Å². The first-order valence-corrected chi connectivity index (χ1v) is 9.40. The predicted molar refractivity (Wildman–Crippen MR) is 111 cm³/mol. The Bertz CT molecular complexity index is 795. The molecule has 0 fully saturated rings. The van der Waals surface area contributed by atoms with Crippen LogP contribution in [0.25, 0.3) is 0 Å². The van der Waals surface area contributed by atoms with Crippen LogP contribution in [0.5, 0.6) is 0 Å². The van der Waals surface area contributed by atoms with E-state index in [0.29, 0.717) is 16.6 Å². The number of carbonyl (C=O) groups excluding carboxylic acids is 2. The van der Waals surface area contributed by atoms with Gasteiger partial charge in [-0.2, -0.15) is 0 Å². The molecule has 0 spiro atoms. The first-order chi connectivity index (χ1) is 12.9. The topological polar surface area (TPSA) is 61.4 Å². The zero-order valence-corrected chi connectivity index (χ0v) is 16.7. The molecule has 2 amide bonds. The van der Waals surface area contributed by atoms with E-state index in [2.05, 4.69) is 24.5 Å². The van der Waals surface area contributed by atoms with Crippen LogP contribution in [-0.4, -0.2) is 36.9 Å². The number of carbonyl (C=O) groups is 2. The van der Waals surface area contributed by atoms with E-state index in [1.165, 1.54) is 0 Å². The molecule has 0 radical (unpaired) electrons. The first-order valence-electron chi connectivity index (χ1n) is 9.02. The smallest absolute Gasteiger partial charge is 0.238 e. The van der Waals surface area contributed by atoms with Crippen LogP contribution in [0.15, 0.2) is 48.5 Å². The van der Waals surface area contributed by atoms with Crippen molar-refractivity contribution in [3.8, 4) is 0 Å². The van der Waals surface area contributed by atoms with Gasteiger partial charge in [-0.3, -0.25) is 14.5 Å². The molecule has 0 saturated heterocycles. The average Bonchev–Trinajstić information content (AvgIpc) is 2.63. The monoisotopic (exact) mass is 387 g/mol. The van der Waals surface area contributed by atoms with Crippen LogP contribution in [0.3, 0.4) is 0 Å². The molecule has 27 heavy (non-hydrogen) atoms. The highest BCUT2D eigenvalue weighted by molar-refractivity contribution is 6.33. The molecule has 144 valence electrons. The number of nitrogens with one attached hydrogen (secondary N) is 2. The normalized spacial score (nSPS) is 11.9. The van der Waals surface area contributed by atoms with E-state index in [4.69, 9.17) is 11.6 Å². The minimum absolute atomic E-state index is 0.0889. The van der Waals surface area contributed by atoms with Gasteiger partial charge in [-0.1, -0.05) is 55.8 Å². The fraction of sp³-hybridized carbons (Fsp3) is 0.333. The maximum Gasteiger partial charge on any atom is 0.238 e. The maximum atomic E-state index is 12.4. The number of rotatable bonds is 8. The van der Waals surface area contributed by atoms with Gasteiger partial charge < -0.3 is 10.6 Å². The molecule has 0 unspecified atom stereocenters. The van der Waals surface area contributed by atoms with E-state index in [9.17, 15) is 9.59 Å². The van der Waals surface area contributed by atoms with Gasteiger partial charge in [0.25, 0.3) is 0 Å². The van der Waals surface area contributed by atoms with E-state index in [1.807, 2.05) is 24.3 Å². The minimum atomic E-state index is -0.224. The minimum Gasteiger partial charge on any atom is -0.325 e. The predicted octanol–water partition coefficient (Wildman–Crippen LogP) is 4.36. The number of benzene rings is 2. The third-order valence-corrected chi connectivity index (χ3v) is 4.68. The molecule has 1 atom stereocenters. The Morgan fingerprint density at radius 3 is 2.07 bits per heavy atom. The Kier molecular flexibility index (Phi) is 7.82. The summed E-state index contributed by atoms with van der Waals surface area (Å²) in [5, 5.41) is 6.19. The first kappa shape index (κ1) is 20.9. The molecule has 2 N–H and O–H groups in total. The van der Waals surface area contributed by atoms with Crippen LogP contribution in [-0.2, 0) is 9.59 Å². The highest BCUT2D eigenvalue weighted by atomic mass is 35.5. The number of hydrogen-bond acceptors (Lipinski definition) is 3. The summed E-state index contributed by atoms with van der Waals surface area (Å²) in [4.78, 5) is 26.2. The molecular weight excluding hydrogens is 362 g/mol. The van der Waals surface area contributed by atoms with Gasteiger partial charge in [0.2, 0.25) is 11.8 Å². The zero-order valence-electron chi connectivity index (χ0n) is 16.0. The number of nitrogens with zero attached hydrogens (tertiary/aromatic N) is 1. The fourth-order valence-corrected chi connectivity index (χ4v) is 2.93. The van der Waals surface area contributed by atoms with Gasteiger partial charge >= 0.3 is 0 Å². The highest BCUT2D eigenvalue weighted by Gasteiger charge is 2.14. The molecule has 0 saturated carbocycles. The Morgan fingerprint density at radius 1 is 0.963 bits per heavy atom. The number of likely N-dealkylation sites (N-methyl/N-ethyl adjacent to an activating group) is 1. The lowest BCUT2D eigenvalue weighted by molar-refractivity contribution is -0.119. The van der Waals surface area contributed by atoms with Crippen molar-refractivity contribution in [2.75, 3.05) is 30.8 Å². The summed E-state index contributed by atoms with van der Waals surface area (Å²) in [7, 11) is 1.73. The van der Waals surface area contributed by atoms with Crippen LogP contribution < -0.4 is 10.6 Å². The molecule has 0 aliphatic heterocycles. The van der Waals surface area contributed by atoms with E-state index < -0.39 is 0 Å². The fourth-order valence-electron chi connectivity index (χ4n) is 2.75. The molecule has 0 aromatic heterocycles. The van der Waals surface area contributed by atoms with E-state index in [-0.39, 0.29) is 24.9 Å². The number of para-hydroxylation sites is 2. The van der Waals surface area contributed by atoms with Crippen molar-refractivity contribution < 1.29 is 9.59 Å². The molecule has 0 aliphatic carbocycles. The molecule has 6 heteroatoms. The van der Waals surface area contributed by atoms with Crippen LogP contribution in [0, 0.1) is 0 Å². The molecule has 2 aromatic carbocycles. The van der Waals surface area contributed by atoms with Crippen molar-refractivity contribution >= 4 is 34.8 Å². The van der Waals surface area contributed by atoms with Gasteiger partial charge in [0.15, 0.2) is 0 Å². The van der Waals surface area contributed by atoms with Crippen molar-refractivity contribution in [3.05, 3.63) is 59.1 Å². The van der Waals surface area contributed by atoms with Gasteiger partial charge in [0.05, 0.1) is 23.8 Å². The van der Waals surface area contributed by atoms with Crippen molar-refractivity contribution in [1.29, 1.82) is 0 Å². The summed E-state index contributed by atoms with van der Waals surface area (Å²) in [6, 6.07) is 14.9. The van der Waals surface area contributed by atoms with E-state index >= 15 is 0 Å². The lowest BCUT2D eigenvalue weighted by Crippen LogP contribution is -2.36. The van der Waals surface area contributed by atoms with Gasteiger partial charge in [0, 0.05) is 5.69 Å².